The number of nitrogens with one attached hydrogen (secondary N) is 1. The third-order valence-corrected chi connectivity index (χ3v) is 6.10. The Hall–Kier alpha value is -4.32. The number of hydrogen-bond donors (Lipinski definition) is 1. The maximum atomic E-state index is 10.9. The first-order valence-electron chi connectivity index (χ1n) is 11.6. The summed E-state index contributed by atoms with van der Waals surface area (Å²) in [6.45, 7) is 6.05. The first kappa shape index (κ1) is 22.5. The highest BCUT2D eigenvalue weighted by Crippen LogP contribution is 2.29. The van der Waals surface area contributed by atoms with Crippen LogP contribution >= 0.6 is 0 Å². The van der Waals surface area contributed by atoms with E-state index in [0.29, 0.717) is 12.2 Å². The second kappa shape index (κ2) is 9.50. The molecule has 0 aliphatic heterocycles. The zero-order valence-corrected chi connectivity index (χ0v) is 19.9. The number of fused-ring (bicyclic) bond motifs is 1. The Morgan fingerprint density at radius 1 is 0.971 bits per heavy atom. The lowest BCUT2D eigenvalue weighted by atomic mass is 10.00. The van der Waals surface area contributed by atoms with Crippen LogP contribution in [-0.2, 0) is 11.2 Å². The molecule has 174 valence electrons. The van der Waals surface area contributed by atoms with Crippen molar-refractivity contribution in [3.05, 3.63) is 95.8 Å². The molecule has 0 fully saturated rings. The van der Waals surface area contributed by atoms with Crippen LogP contribution in [0.25, 0.3) is 33.4 Å². The minimum atomic E-state index is 0.0156. The standard InChI is InChI=1S/C29H26N4O2/c1-18-17-35-28-8-7-24(13-26(18)28)27-14-29(33-20(3)32-27)31-19(2)22-5-4-6-23(12-22)25-11-21(9-10-34)15-30-16-25/h4-8,10-17,19H,9H2,1-3H3,(H,31,32,33)/t19-/m0/s1. The van der Waals surface area contributed by atoms with Gasteiger partial charge in [-0.15, -0.1) is 0 Å². The summed E-state index contributed by atoms with van der Waals surface area (Å²) in [6.07, 6.45) is 6.59. The van der Waals surface area contributed by atoms with Crippen LogP contribution in [-0.4, -0.2) is 21.2 Å². The maximum Gasteiger partial charge on any atom is 0.134 e. The van der Waals surface area contributed by atoms with Crippen LogP contribution in [0.2, 0.25) is 0 Å². The van der Waals surface area contributed by atoms with Crippen LogP contribution in [0, 0.1) is 13.8 Å². The molecule has 0 amide bonds. The molecule has 6 heteroatoms. The van der Waals surface area contributed by atoms with Crippen molar-refractivity contribution in [1.29, 1.82) is 0 Å². The van der Waals surface area contributed by atoms with Crippen molar-refractivity contribution in [3.8, 4) is 22.4 Å². The molecular weight excluding hydrogens is 436 g/mol. The summed E-state index contributed by atoms with van der Waals surface area (Å²) in [5, 5.41) is 4.62. The Morgan fingerprint density at radius 3 is 2.71 bits per heavy atom. The van der Waals surface area contributed by atoms with Gasteiger partial charge >= 0.3 is 0 Å². The van der Waals surface area contributed by atoms with Gasteiger partial charge in [-0.1, -0.05) is 18.2 Å². The van der Waals surface area contributed by atoms with Gasteiger partial charge in [0.1, 0.15) is 23.5 Å². The first-order valence-corrected chi connectivity index (χ1v) is 11.6. The molecule has 35 heavy (non-hydrogen) atoms. The molecule has 5 rings (SSSR count). The Bertz CT molecular complexity index is 1520. The number of nitrogens with zero attached hydrogens (tertiary/aromatic N) is 3. The molecule has 0 saturated carbocycles. The summed E-state index contributed by atoms with van der Waals surface area (Å²) >= 11 is 0. The molecule has 3 heterocycles. The van der Waals surface area contributed by atoms with Crippen LogP contribution in [0.5, 0.6) is 0 Å². The minimum absolute atomic E-state index is 0.0156. The Labute approximate surface area is 204 Å². The lowest BCUT2D eigenvalue weighted by molar-refractivity contribution is -0.107. The van der Waals surface area contributed by atoms with E-state index in [9.17, 15) is 4.79 Å². The normalized spacial score (nSPS) is 12.0. The second-order valence-electron chi connectivity index (χ2n) is 8.76. The monoisotopic (exact) mass is 462 g/mol. The fraction of sp³-hybridized carbons (Fsp3) is 0.172. The lowest BCUT2D eigenvalue weighted by Gasteiger charge is -2.17. The van der Waals surface area contributed by atoms with Gasteiger partial charge in [0, 0.05) is 47.4 Å². The number of rotatable bonds is 7. The predicted octanol–water partition coefficient (Wildman–Crippen LogP) is 6.48. The van der Waals surface area contributed by atoms with Crippen LogP contribution in [0.3, 0.4) is 0 Å². The third-order valence-electron chi connectivity index (χ3n) is 6.10. The summed E-state index contributed by atoms with van der Waals surface area (Å²) in [7, 11) is 0. The number of carbonyl (C=O) groups is 1. The van der Waals surface area contributed by atoms with Gasteiger partial charge in [0.25, 0.3) is 0 Å². The molecule has 0 unspecified atom stereocenters. The number of anilines is 1. The number of furan rings is 1. The van der Waals surface area contributed by atoms with E-state index in [0.717, 1.165) is 62.1 Å². The van der Waals surface area contributed by atoms with Crippen molar-refractivity contribution in [2.45, 2.75) is 33.2 Å². The summed E-state index contributed by atoms with van der Waals surface area (Å²) in [4.78, 5) is 24.5. The van der Waals surface area contributed by atoms with Gasteiger partial charge in [-0.25, -0.2) is 9.97 Å². The van der Waals surface area contributed by atoms with Crippen LogP contribution in [0.1, 0.15) is 35.5 Å². The van der Waals surface area contributed by atoms with Gasteiger partial charge in [0.15, 0.2) is 0 Å². The summed E-state index contributed by atoms with van der Waals surface area (Å²) in [6, 6.07) is 18.5. The molecule has 0 radical (unpaired) electrons. The van der Waals surface area contributed by atoms with Crippen molar-refractivity contribution in [2.75, 3.05) is 5.32 Å². The fourth-order valence-corrected chi connectivity index (χ4v) is 4.25. The summed E-state index contributed by atoms with van der Waals surface area (Å²) in [5.41, 5.74) is 7.93. The molecule has 0 spiro atoms. The molecule has 6 nitrogen and oxygen atoms in total. The quantitative estimate of drug-likeness (QED) is 0.279. The SMILES string of the molecule is Cc1nc(N[C@@H](C)c2cccc(-c3cncc(CC=O)c3)c2)cc(-c2ccc3occ(C)c3c2)n1. The topological polar surface area (TPSA) is 80.9 Å². The van der Waals surface area contributed by atoms with Gasteiger partial charge in [-0.3, -0.25) is 4.98 Å². The van der Waals surface area contributed by atoms with E-state index in [1.165, 1.54) is 0 Å². The van der Waals surface area contributed by atoms with E-state index in [4.69, 9.17) is 4.42 Å². The molecule has 5 aromatic rings. The van der Waals surface area contributed by atoms with Crippen molar-refractivity contribution in [3.63, 3.8) is 0 Å². The van der Waals surface area contributed by atoms with E-state index in [1.807, 2.05) is 50.4 Å². The predicted molar refractivity (Wildman–Crippen MR) is 138 cm³/mol. The molecule has 0 aliphatic rings. The van der Waals surface area contributed by atoms with Crippen LogP contribution < -0.4 is 5.32 Å². The molecule has 0 saturated heterocycles. The number of hydrogen-bond acceptors (Lipinski definition) is 6. The van der Waals surface area contributed by atoms with Gasteiger partial charge in [-0.2, -0.15) is 0 Å². The van der Waals surface area contributed by atoms with Crippen molar-refractivity contribution >= 4 is 23.1 Å². The molecule has 2 aromatic carbocycles. The number of aromatic nitrogens is 3. The largest absolute Gasteiger partial charge is 0.464 e. The van der Waals surface area contributed by atoms with Crippen molar-refractivity contribution in [1.82, 2.24) is 15.0 Å². The first-order chi connectivity index (χ1) is 17.0. The molecule has 0 bridgehead atoms. The number of pyridine rings is 1. The van der Waals surface area contributed by atoms with E-state index >= 15 is 0 Å². The van der Waals surface area contributed by atoms with E-state index < -0.39 is 0 Å². The van der Waals surface area contributed by atoms with E-state index in [1.54, 1.807) is 12.5 Å². The zero-order valence-electron chi connectivity index (χ0n) is 19.9. The highest BCUT2D eigenvalue weighted by molar-refractivity contribution is 5.85. The Kier molecular flexibility index (Phi) is 6.10. The summed E-state index contributed by atoms with van der Waals surface area (Å²) in [5.74, 6) is 1.47. The molecule has 0 aliphatic carbocycles. The highest BCUT2D eigenvalue weighted by atomic mass is 16.3. The van der Waals surface area contributed by atoms with Crippen molar-refractivity contribution in [2.24, 2.45) is 0 Å². The molecule has 1 N–H and O–H groups in total. The average Bonchev–Trinajstić information content (AvgIpc) is 3.24. The molecular formula is C29H26N4O2. The highest BCUT2D eigenvalue weighted by Gasteiger charge is 2.12. The molecule has 1 atom stereocenters. The van der Waals surface area contributed by atoms with Crippen LogP contribution in [0.15, 0.2) is 77.7 Å². The van der Waals surface area contributed by atoms with Crippen molar-refractivity contribution < 1.29 is 9.21 Å². The third kappa shape index (κ3) is 4.82. The van der Waals surface area contributed by atoms with Gasteiger partial charge in [0.2, 0.25) is 0 Å². The number of carbonyl (C=O) groups excluding carboxylic acids is 1. The molecule has 3 aromatic heterocycles. The number of benzene rings is 2. The van der Waals surface area contributed by atoms with E-state index in [-0.39, 0.29) is 6.04 Å². The zero-order chi connectivity index (χ0) is 24.4. The lowest BCUT2D eigenvalue weighted by Crippen LogP contribution is -2.09. The van der Waals surface area contributed by atoms with E-state index in [2.05, 4.69) is 51.5 Å². The van der Waals surface area contributed by atoms with Crippen LogP contribution in [0.4, 0.5) is 5.82 Å². The minimum Gasteiger partial charge on any atom is -0.464 e. The Balaban J connectivity index is 1.41. The van der Waals surface area contributed by atoms with Gasteiger partial charge in [-0.05, 0) is 73.4 Å². The summed E-state index contributed by atoms with van der Waals surface area (Å²) < 4.78 is 5.58. The fourth-order valence-electron chi connectivity index (χ4n) is 4.25. The smallest absolute Gasteiger partial charge is 0.134 e. The second-order valence-corrected chi connectivity index (χ2v) is 8.76. The average molecular weight is 463 g/mol. The maximum absolute atomic E-state index is 10.9. The number of aldehydes is 1. The number of aryl methyl sites for hydroxylation is 2. The van der Waals surface area contributed by atoms with Gasteiger partial charge in [0.05, 0.1) is 12.0 Å². The van der Waals surface area contributed by atoms with Gasteiger partial charge < -0.3 is 14.5 Å². The Morgan fingerprint density at radius 2 is 1.86 bits per heavy atom.